The molecule has 1 aliphatic carbocycles. The Hall–Kier alpha value is -2.01. The fraction of sp³-hybridized carbons (Fsp3) is 0.312. The van der Waals surface area contributed by atoms with Gasteiger partial charge < -0.3 is 10.1 Å². The number of aromatic amines is 1. The van der Waals surface area contributed by atoms with Gasteiger partial charge in [-0.2, -0.15) is 0 Å². The maximum Gasteiger partial charge on any atom is 0.197 e. The highest BCUT2D eigenvalue weighted by molar-refractivity contribution is 7.71. The first-order chi connectivity index (χ1) is 9.87. The van der Waals surface area contributed by atoms with Crippen molar-refractivity contribution in [2.24, 2.45) is 5.41 Å². The molecule has 21 heavy (non-hydrogen) atoms. The summed E-state index contributed by atoms with van der Waals surface area (Å²) in [5, 5.41) is 11.1. The molecule has 0 amide bonds. The predicted molar refractivity (Wildman–Crippen MR) is 84.5 cm³/mol. The van der Waals surface area contributed by atoms with Crippen LogP contribution in [0.1, 0.15) is 32.4 Å². The summed E-state index contributed by atoms with van der Waals surface area (Å²) < 4.78 is 0.307. The van der Waals surface area contributed by atoms with Gasteiger partial charge >= 0.3 is 0 Å². The van der Waals surface area contributed by atoms with Crippen molar-refractivity contribution in [2.75, 3.05) is 0 Å². The fourth-order valence-corrected chi connectivity index (χ4v) is 3.05. The minimum absolute atomic E-state index is 0.0815. The first kappa shape index (κ1) is 13.9. The lowest BCUT2D eigenvalue weighted by Crippen LogP contribution is -2.25. The Bertz CT molecular complexity index is 834. The van der Waals surface area contributed by atoms with Crippen molar-refractivity contribution in [2.45, 2.75) is 26.7 Å². The molecule has 0 bridgehead atoms. The standard InChI is InChI=1S/C16H16N2O2S/c1-16(2)7-11(19)13(12(20)8-16)14-9-5-3-4-6-10(9)17-15(21)18-14/h3-6,19H,7-8H2,1-2H3,(H,17,18,21). The largest absolute Gasteiger partial charge is 0.511 e. The Kier molecular flexibility index (Phi) is 3.17. The van der Waals surface area contributed by atoms with Gasteiger partial charge in [0, 0.05) is 23.7 Å². The van der Waals surface area contributed by atoms with Crippen molar-refractivity contribution >= 4 is 34.5 Å². The molecule has 0 fully saturated rings. The number of rotatable bonds is 1. The Morgan fingerprint density at radius 2 is 2.00 bits per heavy atom. The molecule has 1 heterocycles. The first-order valence-electron chi connectivity index (χ1n) is 6.82. The molecule has 1 aliphatic rings. The number of Topliss-reactive ketones (excluding diaryl/α,β-unsaturated/α-hetero) is 1. The van der Waals surface area contributed by atoms with Crippen LogP contribution >= 0.6 is 12.2 Å². The van der Waals surface area contributed by atoms with Gasteiger partial charge in [0.05, 0.1) is 11.3 Å². The van der Waals surface area contributed by atoms with Crippen LogP contribution in [0.4, 0.5) is 0 Å². The lowest BCUT2D eigenvalue weighted by atomic mass is 9.75. The number of hydrogen-bond donors (Lipinski definition) is 2. The van der Waals surface area contributed by atoms with E-state index in [-0.39, 0.29) is 17.0 Å². The zero-order chi connectivity index (χ0) is 15.2. The van der Waals surface area contributed by atoms with Crippen LogP contribution in [0.15, 0.2) is 30.0 Å². The van der Waals surface area contributed by atoms with Crippen LogP contribution in [0.25, 0.3) is 16.5 Å². The quantitative estimate of drug-likeness (QED) is 0.783. The number of para-hydroxylation sites is 1. The third-order valence-corrected chi connectivity index (χ3v) is 3.92. The number of H-pyrrole nitrogens is 1. The monoisotopic (exact) mass is 300 g/mol. The van der Waals surface area contributed by atoms with Crippen LogP contribution in [-0.4, -0.2) is 20.9 Å². The van der Waals surface area contributed by atoms with E-state index in [1.165, 1.54) is 0 Å². The minimum atomic E-state index is -0.224. The molecule has 0 saturated heterocycles. The van der Waals surface area contributed by atoms with Crippen LogP contribution < -0.4 is 0 Å². The van der Waals surface area contributed by atoms with Gasteiger partial charge in [-0.15, -0.1) is 0 Å². The minimum Gasteiger partial charge on any atom is -0.511 e. The molecular weight excluding hydrogens is 284 g/mol. The van der Waals surface area contributed by atoms with E-state index in [0.717, 1.165) is 10.9 Å². The highest BCUT2D eigenvalue weighted by atomic mass is 32.1. The second kappa shape index (κ2) is 4.77. The molecule has 0 saturated carbocycles. The summed E-state index contributed by atoms with van der Waals surface area (Å²) in [7, 11) is 0. The number of aliphatic hydroxyl groups is 1. The number of nitrogens with zero attached hydrogens (tertiary/aromatic N) is 1. The van der Waals surface area contributed by atoms with E-state index in [1.807, 2.05) is 38.1 Å². The summed E-state index contributed by atoms with van der Waals surface area (Å²) in [4.78, 5) is 19.8. The molecule has 0 aliphatic heterocycles. The van der Waals surface area contributed by atoms with Crippen molar-refractivity contribution in [3.8, 4) is 0 Å². The molecule has 2 aromatic rings. The third-order valence-electron chi connectivity index (χ3n) is 3.73. The second-order valence-electron chi connectivity index (χ2n) is 6.20. The lowest BCUT2D eigenvalue weighted by Gasteiger charge is -2.29. The van der Waals surface area contributed by atoms with Gasteiger partial charge in [-0.25, -0.2) is 4.98 Å². The van der Waals surface area contributed by atoms with Gasteiger partial charge in [-0.1, -0.05) is 32.0 Å². The number of carbonyl (C=O) groups is 1. The average Bonchev–Trinajstić information content (AvgIpc) is 2.36. The van der Waals surface area contributed by atoms with Gasteiger partial charge in [0.25, 0.3) is 0 Å². The maximum atomic E-state index is 12.5. The van der Waals surface area contributed by atoms with E-state index in [0.29, 0.717) is 28.9 Å². The Balaban J connectivity index is 2.30. The summed E-state index contributed by atoms with van der Waals surface area (Å²) in [6, 6.07) is 7.51. The Morgan fingerprint density at radius 1 is 1.29 bits per heavy atom. The molecule has 5 heteroatoms. The topological polar surface area (TPSA) is 66.0 Å². The van der Waals surface area contributed by atoms with E-state index in [2.05, 4.69) is 9.97 Å². The summed E-state index contributed by atoms with van der Waals surface area (Å²) >= 11 is 5.14. The van der Waals surface area contributed by atoms with Gasteiger partial charge in [0.2, 0.25) is 0 Å². The van der Waals surface area contributed by atoms with E-state index in [9.17, 15) is 9.90 Å². The number of aliphatic hydroxyl groups excluding tert-OH is 1. The molecule has 0 unspecified atom stereocenters. The molecule has 0 radical (unpaired) electrons. The summed E-state index contributed by atoms with van der Waals surface area (Å²) in [6.45, 7) is 3.95. The van der Waals surface area contributed by atoms with Gasteiger partial charge in [0.15, 0.2) is 10.6 Å². The lowest BCUT2D eigenvalue weighted by molar-refractivity contribution is -0.116. The van der Waals surface area contributed by atoms with Gasteiger partial charge in [0.1, 0.15) is 5.76 Å². The van der Waals surface area contributed by atoms with E-state index in [4.69, 9.17) is 12.2 Å². The molecule has 4 nitrogen and oxygen atoms in total. The summed E-state index contributed by atoms with van der Waals surface area (Å²) in [6.07, 6.45) is 0.864. The zero-order valence-corrected chi connectivity index (χ0v) is 12.8. The maximum absolute atomic E-state index is 12.5. The molecule has 2 N–H and O–H groups in total. The highest BCUT2D eigenvalue weighted by Crippen LogP contribution is 2.39. The number of hydrogen-bond acceptors (Lipinski definition) is 4. The SMILES string of the molecule is CC1(C)CC(=O)C(c2nc(=S)[nH]c3ccccc23)=C(O)C1. The number of aromatic nitrogens is 2. The van der Waals surface area contributed by atoms with Crippen LogP contribution in [0.5, 0.6) is 0 Å². The number of fused-ring (bicyclic) bond motifs is 1. The highest BCUT2D eigenvalue weighted by Gasteiger charge is 2.34. The molecule has 1 aromatic heterocycles. The molecule has 1 aromatic carbocycles. The van der Waals surface area contributed by atoms with E-state index >= 15 is 0 Å². The van der Waals surface area contributed by atoms with Crippen LogP contribution in [0.3, 0.4) is 0 Å². The van der Waals surface area contributed by atoms with Crippen molar-refractivity contribution in [1.29, 1.82) is 0 Å². The number of nitrogens with one attached hydrogen (secondary N) is 1. The van der Waals surface area contributed by atoms with Gasteiger partial charge in [-0.3, -0.25) is 4.79 Å². The van der Waals surface area contributed by atoms with Crippen molar-refractivity contribution in [3.05, 3.63) is 40.5 Å². The van der Waals surface area contributed by atoms with Crippen molar-refractivity contribution in [3.63, 3.8) is 0 Å². The van der Waals surface area contributed by atoms with Crippen molar-refractivity contribution in [1.82, 2.24) is 9.97 Å². The molecule has 3 rings (SSSR count). The molecule has 0 spiro atoms. The van der Waals surface area contributed by atoms with E-state index < -0.39 is 0 Å². The zero-order valence-electron chi connectivity index (χ0n) is 11.9. The van der Waals surface area contributed by atoms with Crippen molar-refractivity contribution < 1.29 is 9.90 Å². The molecule has 0 atom stereocenters. The van der Waals surface area contributed by atoms with Crippen LogP contribution in [0, 0.1) is 10.2 Å². The smallest absolute Gasteiger partial charge is 0.197 e. The van der Waals surface area contributed by atoms with Gasteiger partial charge in [-0.05, 0) is 23.7 Å². The van der Waals surface area contributed by atoms with Crippen LogP contribution in [-0.2, 0) is 4.79 Å². The van der Waals surface area contributed by atoms with E-state index in [1.54, 1.807) is 0 Å². The summed E-state index contributed by atoms with van der Waals surface area (Å²) in [5.74, 6) is 0.0245. The predicted octanol–water partition coefficient (Wildman–Crippen LogP) is 3.95. The Labute approximate surface area is 127 Å². The molecular formula is C16H16N2O2S. The first-order valence-corrected chi connectivity index (χ1v) is 7.23. The number of allylic oxidation sites excluding steroid dienone is 2. The fourth-order valence-electron chi connectivity index (χ4n) is 2.85. The number of benzene rings is 1. The summed E-state index contributed by atoms with van der Waals surface area (Å²) in [5.41, 5.74) is 1.38. The second-order valence-corrected chi connectivity index (χ2v) is 6.59. The molecule has 108 valence electrons. The third kappa shape index (κ3) is 2.49. The van der Waals surface area contributed by atoms with Crippen LogP contribution in [0.2, 0.25) is 0 Å². The number of carbonyl (C=O) groups excluding carboxylic acids is 1. The number of ketones is 1. The average molecular weight is 300 g/mol. The normalized spacial score (nSPS) is 18.3. The Morgan fingerprint density at radius 3 is 2.71 bits per heavy atom.